The lowest BCUT2D eigenvalue weighted by Crippen LogP contribution is -2.23. The molecule has 0 aromatic heterocycles. The second-order valence-corrected chi connectivity index (χ2v) is 6.78. The lowest BCUT2D eigenvalue weighted by molar-refractivity contribution is -0.116. The molecule has 3 aromatic rings. The molecular weight excluding hydrogens is 354 g/mol. The maximum absolute atomic E-state index is 12.1. The van der Waals surface area contributed by atoms with Crippen LogP contribution in [0.25, 0.3) is 6.08 Å². The van der Waals surface area contributed by atoms with E-state index in [9.17, 15) is 4.79 Å². The zero-order valence-electron chi connectivity index (χ0n) is 15.0. The van der Waals surface area contributed by atoms with E-state index in [0.717, 1.165) is 12.0 Å². The van der Waals surface area contributed by atoms with Gasteiger partial charge in [0.2, 0.25) is 5.91 Å². The molecule has 3 rings (SSSR count). The molecule has 0 aliphatic carbocycles. The third-order valence-electron chi connectivity index (χ3n) is 4.41. The molecule has 1 N–H and O–H groups in total. The lowest BCUT2D eigenvalue weighted by Gasteiger charge is -2.18. The van der Waals surface area contributed by atoms with Crippen molar-refractivity contribution in [3.8, 4) is 0 Å². The van der Waals surface area contributed by atoms with Crippen LogP contribution >= 0.6 is 11.6 Å². The van der Waals surface area contributed by atoms with Crippen molar-refractivity contribution in [1.29, 1.82) is 0 Å². The molecule has 0 saturated carbocycles. The molecule has 0 saturated heterocycles. The summed E-state index contributed by atoms with van der Waals surface area (Å²) in [5.74, 6) is 0.152. The number of halogens is 1. The molecule has 0 atom stereocenters. The van der Waals surface area contributed by atoms with Gasteiger partial charge in [0, 0.05) is 23.6 Å². The van der Waals surface area contributed by atoms with Gasteiger partial charge in [-0.15, -0.1) is 0 Å². The fourth-order valence-corrected chi connectivity index (χ4v) is 3.28. The van der Waals surface area contributed by atoms with E-state index in [-0.39, 0.29) is 11.8 Å². The molecule has 0 radical (unpaired) electrons. The summed E-state index contributed by atoms with van der Waals surface area (Å²) in [6.45, 7) is 0.604. The average Bonchev–Trinajstić information content (AvgIpc) is 2.71. The van der Waals surface area contributed by atoms with Crippen molar-refractivity contribution in [1.82, 2.24) is 5.32 Å². The first-order valence-electron chi connectivity index (χ1n) is 9.04. The number of carbonyl (C=O) groups is 1. The third-order valence-corrected chi connectivity index (χ3v) is 4.65. The van der Waals surface area contributed by atoms with Crippen molar-refractivity contribution in [3.05, 3.63) is 113 Å². The number of nitrogens with one attached hydrogen (secondary N) is 1. The molecular formula is C24H22ClNO. The van der Waals surface area contributed by atoms with Crippen LogP contribution in [0.2, 0.25) is 5.02 Å². The molecule has 2 nitrogen and oxygen atoms in total. The Morgan fingerprint density at radius 2 is 1.52 bits per heavy atom. The van der Waals surface area contributed by atoms with Crippen molar-refractivity contribution >= 4 is 23.6 Å². The molecule has 1 amide bonds. The molecule has 0 fully saturated rings. The second-order valence-electron chi connectivity index (χ2n) is 6.34. The van der Waals surface area contributed by atoms with Crippen LogP contribution in [0, 0.1) is 0 Å². The van der Waals surface area contributed by atoms with E-state index in [1.807, 2.05) is 36.4 Å². The summed E-state index contributed by atoms with van der Waals surface area (Å²) in [7, 11) is 0. The highest BCUT2D eigenvalue weighted by Crippen LogP contribution is 2.27. The summed E-state index contributed by atoms with van der Waals surface area (Å²) < 4.78 is 0. The Morgan fingerprint density at radius 3 is 2.11 bits per heavy atom. The SMILES string of the molecule is O=C(C=Cc1cccc(Cl)c1)NCCC(c1ccccc1)c1ccccc1. The largest absolute Gasteiger partial charge is 0.353 e. The van der Waals surface area contributed by atoms with E-state index in [2.05, 4.69) is 53.8 Å². The van der Waals surface area contributed by atoms with Crippen molar-refractivity contribution in [2.45, 2.75) is 12.3 Å². The van der Waals surface area contributed by atoms with Crippen LogP contribution in [0.3, 0.4) is 0 Å². The normalized spacial score (nSPS) is 11.0. The summed E-state index contributed by atoms with van der Waals surface area (Å²) in [6.07, 6.45) is 4.16. The van der Waals surface area contributed by atoms with Crippen molar-refractivity contribution in [2.75, 3.05) is 6.54 Å². The Bertz CT molecular complexity index is 851. The predicted molar refractivity (Wildman–Crippen MR) is 113 cm³/mol. The van der Waals surface area contributed by atoms with Crippen LogP contribution in [-0.4, -0.2) is 12.5 Å². The van der Waals surface area contributed by atoms with Gasteiger partial charge in [0.1, 0.15) is 0 Å². The molecule has 27 heavy (non-hydrogen) atoms. The number of rotatable bonds is 7. The molecule has 0 bridgehead atoms. The number of hydrogen-bond acceptors (Lipinski definition) is 1. The maximum Gasteiger partial charge on any atom is 0.243 e. The quantitative estimate of drug-likeness (QED) is 0.528. The Morgan fingerprint density at radius 1 is 0.889 bits per heavy atom. The first kappa shape index (κ1) is 18.9. The molecule has 0 aliphatic heterocycles. The minimum atomic E-state index is -0.102. The Labute approximate surface area is 165 Å². The lowest BCUT2D eigenvalue weighted by atomic mass is 9.88. The zero-order chi connectivity index (χ0) is 18.9. The Hall–Kier alpha value is -2.84. The van der Waals surface area contributed by atoms with Crippen molar-refractivity contribution in [2.24, 2.45) is 0 Å². The zero-order valence-corrected chi connectivity index (χ0v) is 15.8. The van der Waals surface area contributed by atoms with Gasteiger partial charge < -0.3 is 5.32 Å². The summed E-state index contributed by atoms with van der Waals surface area (Å²) >= 11 is 5.96. The van der Waals surface area contributed by atoms with Crippen molar-refractivity contribution < 1.29 is 4.79 Å². The van der Waals surface area contributed by atoms with Gasteiger partial charge in [-0.25, -0.2) is 0 Å². The smallest absolute Gasteiger partial charge is 0.243 e. The van der Waals surface area contributed by atoms with Crippen LogP contribution in [0.5, 0.6) is 0 Å². The highest BCUT2D eigenvalue weighted by Gasteiger charge is 2.13. The van der Waals surface area contributed by atoms with Gasteiger partial charge >= 0.3 is 0 Å². The van der Waals surface area contributed by atoms with E-state index in [4.69, 9.17) is 11.6 Å². The van der Waals surface area contributed by atoms with Crippen LogP contribution < -0.4 is 5.32 Å². The predicted octanol–water partition coefficient (Wildman–Crippen LogP) is 5.69. The number of hydrogen-bond donors (Lipinski definition) is 1. The molecule has 136 valence electrons. The monoisotopic (exact) mass is 375 g/mol. The molecule has 3 aromatic carbocycles. The standard InChI is InChI=1S/C24H22ClNO/c25-22-13-7-8-19(18-22)14-15-24(27)26-17-16-23(20-9-3-1-4-10-20)21-11-5-2-6-12-21/h1-15,18,23H,16-17H2,(H,26,27). The van der Waals surface area contributed by atoms with Gasteiger partial charge in [0.15, 0.2) is 0 Å². The third kappa shape index (κ3) is 5.83. The van der Waals surface area contributed by atoms with Gasteiger partial charge in [-0.3, -0.25) is 4.79 Å². The molecule has 0 spiro atoms. The summed E-state index contributed by atoms with van der Waals surface area (Å²) in [5, 5.41) is 3.64. The van der Waals surface area contributed by atoms with E-state index < -0.39 is 0 Å². The molecule has 3 heteroatoms. The van der Waals surface area contributed by atoms with Crippen LogP contribution in [0.4, 0.5) is 0 Å². The first-order chi connectivity index (χ1) is 13.2. The van der Waals surface area contributed by atoms with Crippen LogP contribution in [0.1, 0.15) is 29.0 Å². The summed E-state index contributed by atoms with van der Waals surface area (Å²) in [6, 6.07) is 28.2. The molecule has 0 unspecified atom stereocenters. The van der Waals surface area contributed by atoms with Crippen molar-refractivity contribution in [3.63, 3.8) is 0 Å². The van der Waals surface area contributed by atoms with Crippen LogP contribution in [0.15, 0.2) is 91.0 Å². The summed E-state index contributed by atoms with van der Waals surface area (Å²) in [5.41, 5.74) is 3.42. The number of amides is 1. The second kappa shape index (κ2) is 9.75. The topological polar surface area (TPSA) is 29.1 Å². The molecule has 0 heterocycles. The van der Waals surface area contributed by atoms with Gasteiger partial charge in [-0.05, 0) is 41.3 Å². The van der Waals surface area contributed by atoms with E-state index in [1.54, 1.807) is 12.2 Å². The van der Waals surface area contributed by atoms with E-state index in [1.165, 1.54) is 11.1 Å². The Kier molecular flexibility index (Phi) is 6.84. The Balaban J connectivity index is 1.60. The van der Waals surface area contributed by atoms with Crippen LogP contribution in [-0.2, 0) is 4.79 Å². The average molecular weight is 376 g/mol. The highest BCUT2D eigenvalue weighted by atomic mass is 35.5. The maximum atomic E-state index is 12.1. The minimum Gasteiger partial charge on any atom is -0.353 e. The van der Waals surface area contributed by atoms with Gasteiger partial charge in [-0.2, -0.15) is 0 Å². The number of benzene rings is 3. The number of carbonyl (C=O) groups excluding carboxylic acids is 1. The molecule has 0 aliphatic rings. The minimum absolute atomic E-state index is 0.102. The van der Waals surface area contributed by atoms with E-state index in [0.29, 0.717) is 11.6 Å². The van der Waals surface area contributed by atoms with Gasteiger partial charge in [0.25, 0.3) is 0 Å². The summed E-state index contributed by atoms with van der Waals surface area (Å²) in [4.78, 5) is 12.1. The van der Waals surface area contributed by atoms with E-state index >= 15 is 0 Å². The van der Waals surface area contributed by atoms with Gasteiger partial charge in [0.05, 0.1) is 0 Å². The van der Waals surface area contributed by atoms with Gasteiger partial charge in [-0.1, -0.05) is 84.4 Å². The fourth-order valence-electron chi connectivity index (χ4n) is 3.08. The first-order valence-corrected chi connectivity index (χ1v) is 9.41. The highest BCUT2D eigenvalue weighted by molar-refractivity contribution is 6.30. The fraction of sp³-hybridized carbons (Fsp3) is 0.125.